The molecule has 0 N–H and O–H groups in total. The largest absolute Gasteiger partial charge is 0.454 e. The number of furan rings is 2. The molecular formula is C54H32N2O3. The van der Waals surface area contributed by atoms with Crippen LogP contribution in [0.4, 0.5) is 17.1 Å². The summed E-state index contributed by atoms with van der Waals surface area (Å²) in [5, 5.41) is 6.82. The first kappa shape index (κ1) is 32.1. The monoisotopic (exact) mass is 756 g/mol. The van der Waals surface area contributed by atoms with Gasteiger partial charge in [0.2, 0.25) is 0 Å². The molecule has 1 aliphatic rings. The molecular weight excluding hydrogens is 725 g/mol. The van der Waals surface area contributed by atoms with Crippen molar-refractivity contribution < 1.29 is 13.6 Å². The minimum Gasteiger partial charge on any atom is -0.454 e. The van der Waals surface area contributed by atoms with Crippen LogP contribution in [0.15, 0.2) is 203 Å². The molecule has 0 aliphatic carbocycles. The van der Waals surface area contributed by atoms with Crippen molar-refractivity contribution in [1.29, 1.82) is 0 Å². The summed E-state index contributed by atoms with van der Waals surface area (Å²) in [6.07, 6.45) is 0. The van der Waals surface area contributed by atoms with Gasteiger partial charge in [0.15, 0.2) is 22.7 Å². The molecule has 276 valence electrons. The molecule has 3 aromatic heterocycles. The molecule has 59 heavy (non-hydrogen) atoms. The molecule has 0 saturated heterocycles. The lowest BCUT2D eigenvalue weighted by atomic mass is 9.97. The highest BCUT2D eigenvalue weighted by Gasteiger charge is 2.29. The van der Waals surface area contributed by atoms with Crippen LogP contribution >= 0.6 is 0 Å². The van der Waals surface area contributed by atoms with Gasteiger partial charge < -0.3 is 18.1 Å². The van der Waals surface area contributed by atoms with Gasteiger partial charge in [0, 0.05) is 32.3 Å². The van der Waals surface area contributed by atoms with E-state index in [-0.39, 0.29) is 0 Å². The van der Waals surface area contributed by atoms with Crippen molar-refractivity contribution in [1.82, 2.24) is 4.57 Å². The first-order chi connectivity index (χ1) is 29.2. The lowest BCUT2D eigenvalue weighted by Gasteiger charge is -2.33. The maximum Gasteiger partial charge on any atom is 0.159 e. The molecule has 5 nitrogen and oxygen atoms in total. The SMILES string of the molecule is c1cc(-c2ccc3c(c2)Oc2ccccc2N3c2cccc3c2oc2ccccc23)cc(-c2ccc3c4ccccc4n(-c4cccc5c4oc4ccccc45)c3c2)c1. The smallest absolute Gasteiger partial charge is 0.159 e. The molecule has 0 amide bonds. The zero-order valence-electron chi connectivity index (χ0n) is 31.6. The quantitative estimate of drug-likeness (QED) is 0.179. The summed E-state index contributed by atoms with van der Waals surface area (Å²) < 4.78 is 22.1. The van der Waals surface area contributed by atoms with Crippen LogP contribution in [0.5, 0.6) is 11.5 Å². The summed E-state index contributed by atoms with van der Waals surface area (Å²) >= 11 is 0. The summed E-state index contributed by atoms with van der Waals surface area (Å²) in [7, 11) is 0. The molecule has 0 spiro atoms. The van der Waals surface area contributed by atoms with Gasteiger partial charge in [-0.15, -0.1) is 0 Å². The Morgan fingerprint density at radius 2 is 0.831 bits per heavy atom. The number of ether oxygens (including phenoxy) is 1. The van der Waals surface area contributed by atoms with Crippen molar-refractivity contribution in [3.63, 3.8) is 0 Å². The average molecular weight is 757 g/mol. The van der Waals surface area contributed by atoms with Gasteiger partial charge in [-0.25, -0.2) is 0 Å². The van der Waals surface area contributed by atoms with Crippen LogP contribution in [0, 0.1) is 0 Å². The normalized spacial score (nSPS) is 12.5. The van der Waals surface area contributed by atoms with E-state index in [9.17, 15) is 0 Å². The molecule has 13 rings (SSSR count). The van der Waals surface area contributed by atoms with Crippen molar-refractivity contribution in [3.8, 4) is 39.4 Å². The molecule has 5 heteroatoms. The number of hydrogen-bond donors (Lipinski definition) is 0. The minimum absolute atomic E-state index is 0.783. The first-order valence-corrected chi connectivity index (χ1v) is 19.9. The van der Waals surface area contributed by atoms with Gasteiger partial charge in [-0.3, -0.25) is 4.90 Å². The van der Waals surface area contributed by atoms with Gasteiger partial charge in [-0.2, -0.15) is 0 Å². The number of anilines is 3. The van der Waals surface area contributed by atoms with E-state index in [1.165, 1.54) is 10.8 Å². The van der Waals surface area contributed by atoms with Crippen molar-refractivity contribution in [2.75, 3.05) is 4.90 Å². The Hall–Kier alpha value is -8.02. The number of hydrogen-bond acceptors (Lipinski definition) is 4. The molecule has 0 saturated carbocycles. The van der Waals surface area contributed by atoms with Gasteiger partial charge >= 0.3 is 0 Å². The molecule has 0 atom stereocenters. The summed E-state index contributed by atoms with van der Waals surface area (Å²) in [5.74, 6) is 1.58. The molecule has 9 aromatic carbocycles. The fourth-order valence-corrected chi connectivity index (χ4v) is 9.30. The van der Waals surface area contributed by atoms with Gasteiger partial charge in [0.1, 0.15) is 11.2 Å². The van der Waals surface area contributed by atoms with E-state index in [0.717, 1.165) is 111 Å². The third-order valence-electron chi connectivity index (χ3n) is 12.0. The van der Waals surface area contributed by atoms with Crippen molar-refractivity contribution in [2.24, 2.45) is 0 Å². The van der Waals surface area contributed by atoms with Crippen LogP contribution in [-0.2, 0) is 0 Å². The molecule has 0 fully saturated rings. The number of fused-ring (bicyclic) bond motifs is 11. The predicted molar refractivity (Wildman–Crippen MR) is 241 cm³/mol. The van der Waals surface area contributed by atoms with E-state index in [0.29, 0.717) is 0 Å². The third kappa shape index (κ3) is 4.73. The molecule has 0 unspecified atom stereocenters. The van der Waals surface area contributed by atoms with Gasteiger partial charge in [0.05, 0.1) is 33.8 Å². The fourth-order valence-electron chi connectivity index (χ4n) is 9.30. The maximum atomic E-state index is 6.68. The minimum atomic E-state index is 0.783. The Bertz CT molecular complexity index is 3680. The molecule has 0 bridgehead atoms. The molecule has 0 radical (unpaired) electrons. The molecule has 12 aromatic rings. The average Bonchev–Trinajstić information content (AvgIpc) is 3.98. The lowest BCUT2D eigenvalue weighted by molar-refractivity contribution is 0.477. The Balaban J connectivity index is 0.935. The zero-order chi connectivity index (χ0) is 38.6. The highest BCUT2D eigenvalue weighted by molar-refractivity contribution is 6.14. The van der Waals surface area contributed by atoms with E-state index in [1.807, 2.05) is 36.4 Å². The van der Waals surface area contributed by atoms with Crippen molar-refractivity contribution in [3.05, 3.63) is 194 Å². The Labute approximate surface area is 338 Å². The Kier molecular flexibility index (Phi) is 6.66. The van der Waals surface area contributed by atoms with E-state index in [2.05, 4.69) is 167 Å². The first-order valence-electron chi connectivity index (χ1n) is 19.9. The van der Waals surface area contributed by atoms with Crippen molar-refractivity contribution in [2.45, 2.75) is 0 Å². The Morgan fingerprint density at radius 3 is 1.61 bits per heavy atom. The second kappa shape index (κ2) is 12.2. The van der Waals surface area contributed by atoms with Crippen LogP contribution < -0.4 is 9.64 Å². The number of aromatic nitrogens is 1. The molecule has 1 aliphatic heterocycles. The van der Waals surface area contributed by atoms with E-state index in [1.54, 1.807) is 0 Å². The van der Waals surface area contributed by atoms with E-state index in [4.69, 9.17) is 13.6 Å². The summed E-state index contributed by atoms with van der Waals surface area (Å²) in [6, 6.07) is 68.3. The van der Waals surface area contributed by atoms with Crippen LogP contribution in [-0.4, -0.2) is 4.57 Å². The highest BCUT2D eigenvalue weighted by atomic mass is 16.5. The van der Waals surface area contributed by atoms with E-state index < -0.39 is 0 Å². The van der Waals surface area contributed by atoms with Crippen LogP contribution in [0.3, 0.4) is 0 Å². The van der Waals surface area contributed by atoms with Crippen LogP contribution in [0.25, 0.3) is 93.6 Å². The zero-order valence-corrected chi connectivity index (χ0v) is 31.6. The van der Waals surface area contributed by atoms with Gasteiger partial charge in [-0.1, -0.05) is 127 Å². The molecule has 4 heterocycles. The summed E-state index contributed by atoms with van der Waals surface area (Å²) in [5.41, 5.74) is 14.1. The van der Waals surface area contributed by atoms with E-state index >= 15 is 0 Å². The third-order valence-corrected chi connectivity index (χ3v) is 12.0. The summed E-state index contributed by atoms with van der Waals surface area (Å²) in [4.78, 5) is 2.26. The number of benzene rings is 9. The second-order valence-corrected chi connectivity index (χ2v) is 15.3. The predicted octanol–water partition coefficient (Wildman–Crippen LogP) is 15.5. The number of nitrogens with zero attached hydrogens (tertiary/aromatic N) is 2. The highest BCUT2D eigenvalue weighted by Crippen LogP contribution is 2.53. The fraction of sp³-hybridized carbons (Fsp3) is 0. The van der Waals surface area contributed by atoms with Crippen molar-refractivity contribution >= 4 is 82.7 Å². The van der Waals surface area contributed by atoms with Crippen LogP contribution in [0.1, 0.15) is 0 Å². The Morgan fingerprint density at radius 1 is 0.305 bits per heavy atom. The lowest BCUT2D eigenvalue weighted by Crippen LogP contribution is -2.16. The number of para-hydroxylation sites is 7. The van der Waals surface area contributed by atoms with Crippen LogP contribution in [0.2, 0.25) is 0 Å². The topological polar surface area (TPSA) is 43.7 Å². The second-order valence-electron chi connectivity index (χ2n) is 15.3. The van der Waals surface area contributed by atoms with Gasteiger partial charge in [0.25, 0.3) is 0 Å². The maximum absolute atomic E-state index is 6.68. The number of rotatable bonds is 4. The van der Waals surface area contributed by atoms with Gasteiger partial charge in [-0.05, 0) is 89.0 Å². The summed E-state index contributed by atoms with van der Waals surface area (Å²) in [6.45, 7) is 0. The standard InChI is InChI=1S/C54H32N2O3/c1-4-19-43-37(14-1)38-28-26-35(31-48(38)55(43)46-21-10-17-41-39-15-2-6-23-49(39)58-53(41)46)33-12-9-13-34(30-33)36-27-29-45-52(32-36)57-51-25-8-5-20-44(51)56(45)47-22-11-18-42-40-16-3-7-24-50(40)59-54(42)47/h1-32H.